The molecule has 1 aliphatic heterocycles. The smallest absolute Gasteiger partial charge is 0.347 e. The first-order valence-corrected chi connectivity index (χ1v) is 9.23. The summed E-state index contributed by atoms with van der Waals surface area (Å²) in [5.74, 6) is -1.08. The number of ketones is 1. The summed E-state index contributed by atoms with van der Waals surface area (Å²) in [6.07, 6.45) is 5.01. The van der Waals surface area contributed by atoms with Gasteiger partial charge in [-0.3, -0.25) is 4.79 Å². The van der Waals surface area contributed by atoms with Gasteiger partial charge in [-0.25, -0.2) is 9.78 Å². The number of hydrogen-bond acceptors (Lipinski definition) is 6. The van der Waals surface area contributed by atoms with Crippen LogP contribution < -0.4 is 5.32 Å². The molecule has 3 heterocycles. The van der Waals surface area contributed by atoms with Gasteiger partial charge in [0.05, 0.1) is 6.61 Å². The zero-order valence-corrected chi connectivity index (χ0v) is 15.8. The highest BCUT2D eigenvalue weighted by atomic mass is 16.5. The molecule has 3 aromatic rings. The molecular weight excluding hydrogens is 370 g/mol. The summed E-state index contributed by atoms with van der Waals surface area (Å²) in [6, 6.07) is 13.3. The Hall–Kier alpha value is -3.87. The van der Waals surface area contributed by atoms with Gasteiger partial charge in [-0.15, -0.1) is 0 Å². The molecule has 0 unspecified atom stereocenters. The van der Waals surface area contributed by atoms with Crippen molar-refractivity contribution in [3.05, 3.63) is 83.2 Å². The monoisotopic (exact) mass is 389 g/mol. The zero-order valence-electron chi connectivity index (χ0n) is 15.8. The molecule has 0 fully saturated rings. The van der Waals surface area contributed by atoms with Crippen LogP contribution in [0.25, 0.3) is 17.1 Å². The van der Waals surface area contributed by atoms with Crippen molar-refractivity contribution in [3.8, 4) is 0 Å². The minimum atomic E-state index is -0.711. The quantitative estimate of drug-likeness (QED) is 0.382. The van der Waals surface area contributed by atoms with Crippen molar-refractivity contribution in [3.63, 3.8) is 0 Å². The average molecular weight is 389 g/mol. The highest BCUT2D eigenvalue weighted by molar-refractivity contribution is 6.26. The Morgan fingerprint density at radius 3 is 2.86 bits per heavy atom. The van der Waals surface area contributed by atoms with Crippen molar-refractivity contribution < 1.29 is 19.1 Å². The number of aromatic nitrogens is 2. The number of hydrogen-bond donors (Lipinski definition) is 2. The van der Waals surface area contributed by atoms with Gasteiger partial charge in [0, 0.05) is 29.9 Å². The molecule has 0 atom stereocenters. The topological polar surface area (TPSA) is 93.3 Å². The number of esters is 1. The van der Waals surface area contributed by atoms with Crippen LogP contribution in [0.5, 0.6) is 0 Å². The number of rotatable bonds is 6. The van der Waals surface area contributed by atoms with E-state index in [0.29, 0.717) is 12.2 Å². The van der Waals surface area contributed by atoms with Crippen LogP contribution in [0, 0.1) is 0 Å². The zero-order chi connectivity index (χ0) is 20.2. The van der Waals surface area contributed by atoms with Gasteiger partial charge in [-0.2, -0.15) is 0 Å². The lowest BCUT2D eigenvalue weighted by atomic mass is 10.1. The molecule has 0 amide bonds. The van der Waals surface area contributed by atoms with E-state index < -0.39 is 11.8 Å². The highest BCUT2D eigenvalue weighted by Gasteiger charge is 2.36. The largest absolute Gasteiger partial charge is 0.462 e. The lowest BCUT2D eigenvalue weighted by Gasteiger charge is -2.08. The van der Waals surface area contributed by atoms with Crippen LogP contribution in [-0.2, 0) is 25.6 Å². The second kappa shape index (κ2) is 8.02. The van der Waals surface area contributed by atoms with Gasteiger partial charge >= 0.3 is 5.97 Å². The van der Waals surface area contributed by atoms with E-state index in [9.17, 15) is 9.59 Å². The highest BCUT2D eigenvalue weighted by Crippen LogP contribution is 2.28. The number of nitrogens with zero attached hydrogens (tertiary/aromatic N) is 1. The summed E-state index contributed by atoms with van der Waals surface area (Å²) >= 11 is 0. The maximum atomic E-state index is 12.9. The Morgan fingerprint density at radius 1 is 1.24 bits per heavy atom. The van der Waals surface area contributed by atoms with Crippen molar-refractivity contribution in [2.75, 3.05) is 6.61 Å². The number of carbonyl (C=O) groups is 2. The predicted octanol–water partition coefficient (Wildman–Crippen LogP) is 3.07. The normalized spacial score (nSPS) is 15.1. The summed E-state index contributed by atoms with van der Waals surface area (Å²) in [7, 11) is 0. The number of carbonyl (C=O) groups excluding carboxylic acids is 2. The third-order valence-electron chi connectivity index (χ3n) is 4.44. The molecule has 2 aromatic heterocycles. The molecule has 29 heavy (non-hydrogen) atoms. The second-order valence-corrected chi connectivity index (χ2v) is 6.35. The molecule has 2 N–H and O–H groups in total. The minimum absolute atomic E-state index is 0.0494. The minimum Gasteiger partial charge on any atom is -0.462 e. The molecule has 0 aliphatic carbocycles. The first-order chi connectivity index (χ1) is 14.2. The Balaban J connectivity index is 1.64. The van der Waals surface area contributed by atoms with Crippen molar-refractivity contribution in [1.82, 2.24) is 15.3 Å². The summed E-state index contributed by atoms with van der Waals surface area (Å²) in [4.78, 5) is 32.5. The maximum absolute atomic E-state index is 12.9. The fourth-order valence-electron chi connectivity index (χ4n) is 3.06. The summed E-state index contributed by atoms with van der Waals surface area (Å²) in [5.41, 5.74) is 2.29. The van der Waals surface area contributed by atoms with E-state index in [2.05, 4.69) is 15.3 Å². The van der Waals surface area contributed by atoms with E-state index in [-0.39, 0.29) is 23.8 Å². The van der Waals surface area contributed by atoms with E-state index in [1.807, 2.05) is 42.5 Å². The van der Waals surface area contributed by atoms with Crippen LogP contribution >= 0.6 is 0 Å². The lowest BCUT2D eigenvalue weighted by Crippen LogP contribution is -2.19. The maximum Gasteiger partial charge on any atom is 0.347 e. The van der Waals surface area contributed by atoms with Crippen molar-refractivity contribution in [2.24, 2.45) is 0 Å². The third kappa shape index (κ3) is 3.75. The van der Waals surface area contributed by atoms with Crippen molar-refractivity contribution in [2.45, 2.75) is 13.5 Å². The molecule has 1 aliphatic rings. The predicted molar refractivity (Wildman–Crippen MR) is 107 cm³/mol. The van der Waals surface area contributed by atoms with Gasteiger partial charge in [0.15, 0.2) is 11.3 Å². The first-order valence-electron chi connectivity index (χ1n) is 9.23. The summed E-state index contributed by atoms with van der Waals surface area (Å²) in [6.45, 7) is 2.25. The molecule has 0 saturated heterocycles. The number of allylic oxidation sites excluding steroid dienone is 1. The van der Waals surface area contributed by atoms with Crippen LogP contribution in [0.1, 0.15) is 18.1 Å². The number of benzene rings is 1. The number of H-pyrrole nitrogens is 1. The molecule has 1 aromatic carbocycles. The fourth-order valence-corrected chi connectivity index (χ4v) is 3.06. The molecule has 0 bridgehead atoms. The van der Waals surface area contributed by atoms with Gasteiger partial charge in [0.1, 0.15) is 5.65 Å². The Bertz CT molecular complexity index is 1130. The van der Waals surface area contributed by atoms with Crippen molar-refractivity contribution >= 4 is 28.9 Å². The van der Waals surface area contributed by atoms with Crippen LogP contribution in [0.4, 0.5) is 0 Å². The standard InChI is InChI=1S/C22H19N3O4/c1-2-28-22(27)18-19(26)17(11-15-13-24-20-16(15)9-6-10-23-20)29-21(18)25-12-14-7-4-3-5-8-14/h3-11,13,25H,2,12H2,1H3,(H,23,24)/b17-11-. The Labute approximate surface area is 167 Å². The van der Waals surface area contributed by atoms with Crippen molar-refractivity contribution in [1.29, 1.82) is 0 Å². The van der Waals surface area contributed by atoms with Gasteiger partial charge in [0.25, 0.3) is 0 Å². The number of fused-ring (bicyclic) bond motifs is 1. The number of ether oxygens (including phenoxy) is 2. The molecule has 7 nitrogen and oxygen atoms in total. The third-order valence-corrected chi connectivity index (χ3v) is 4.44. The fraction of sp³-hybridized carbons (Fsp3) is 0.136. The molecule has 146 valence electrons. The summed E-state index contributed by atoms with van der Waals surface area (Å²) < 4.78 is 10.8. The number of nitrogens with one attached hydrogen (secondary N) is 2. The number of aromatic amines is 1. The van der Waals surface area contributed by atoms with Gasteiger partial charge in [-0.1, -0.05) is 30.3 Å². The Kier molecular flexibility index (Phi) is 5.11. The van der Waals surface area contributed by atoms with E-state index in [0.717, 1.165) is 16.5 Å². The first kappa shape index (κ1) is 18.5. The van der Waals surface area contributed by atoms with Crippen LogP contribution in [0.2, 0.25) is 0 Å². The van der Waals surface area contributed by atoms with Crippen LogP contribution in [-0.4, -0.2) is 28.3 Å². The number of Topliss-reactive ketones (excluding diaryl/α,β-unsaturated/α-hetero) is 1. The lowest BCUT2D eigenvalue weighted by molar-refractivity contribution is -0.139. The van der Waals surface area contributed by atoms with Crippen LogP contribution in [0.15, 0.2) is 72.1 Å². The van der Waals surface area contributed by atoms with Gasteiger partial charge < -0.3 is 19.8 Å². The molecule has 4 rings (SSSR count). The number of pyridine rings is 1. The van der Waals surface area contributed by atoms with Crippen LogP contribution in [0.3, 0.4) is 0 Å². The van der Waals surface area contributed by atoms with E-state index in [1.54, 1.807) is 25.4 Å². The molecule has 0 spiro atoms. The van der Waals surface area contributed by atoms with Gasteiger partial charge in [0.2, 0.25) is 11.7 Å². The van der Waals surface area contributed by atoms with Gasteiger partial charge in [-0.05, 0) is 30.7 Å². The molecule has 7 heteroatoms. The summed E-state index contributed by atoms with van der Waals surface area (Å²) in [5, 5.41) is 3.89. The van der Waals surface area contributed by atoms with E-state index >= 15 is 0 Å². The molecule has 0 radical (unpaired) electrons. The van der Waals surface area contributed by atoms with E-state index in [1.165, 1.54) is 0 Å². The molecular formula is C22H19N3O4. The second-order valence-electron chi connectivity index (χ2n) is 6.35. The average Bonchev–Trinajstić information content (AvgIpc) is 3.29. The molecule has 0 saturated carbocycles. The Morgan fingerprint density at radius 2 is 2.07 bits per heavy atom. The van der Waals surface area contributed by atoms with E-state index in [4.69, 9.17) is 9.47 Å². The SMILES string of the molecule is CCOC(=O)C1=C(NCc2ccccc2)O/C(=C\c2c[nH]c3ncccc23)C1=O.